The molecule has 144 valence electrons. The summed E-state index contributed by atoms with van der Waals surface area (Å²) in [5.74, 6) is 0.489. The number of aryl methyl sites for hydroxylation is 2. The Kier molecular flexibility index (Phi) is 5.68. The van der Waals surface area contributed by atoms with Crippen molar-refractivity contribution in [1.29, 1.82) is 0 Å². The van der Waals surface area contributed by atoms with Crippen LogP contribution < -0.4 is 10.2 Å². The van der Waals surface area contributed by atoms with Crippen molar-refractivity contribution in [3.05, 3.63) is 59.3 Å². The lowest BCUT2D eigenvalue weighted by Gasteiger charge is -2.18. The molecule has 7 heteroatoms. The molecular formula is C20H22F3N3O. The van der Waals surface area contributed by atoms with E-state index in [0.29, 0.717) is 31.7 Å². The number of nitrogens with zero attached hydrogens (tertiary/aromatic N) is 2. The van der Waals surface area contributed by atoms with E-state index in [0.717, 1.165) is 24.2 Å². The van der Waals surface area contributed by atoms with Crippen LogP contribution in [-0.4, -0.2) is 30.0 Å². The van der Waals surface area contributed by atoms with Crippen LogP contribution in [0.4, 0.5) is 19.0 Å². The van der Waals surface area contributed by atoms with Gasteiger partial charge >= 0.3 is 6.18 Å². The van der Waals surface area contributed by atoms with E-state index in [1.165, 1.54) is 11.6 Å². The zero-order chi connectivity index (χ0) is 19.4. The molecule has 1 N–H and O–H groups in total. The molecule has 1 unspecified atom stereocenters. The number of carbonyl (C=O) groups is 1. The highest BCUT2D eigenvalue weighted by molar-refractivity contribution is 5.76. The summed E-state index contributed by atoms with van der Waals surface area (Å²) < 4.78 is 37.9. The first kappa shape index (κ1) is 19.2. The second-order valence-corrected chi connectivity index (χ2v) is 6.89. The molecule has 0 saturated carbocycles. The third-order valence-electron chi connectivity index (χ3n) is 4.68. The number of rotatable bonds is 5. The van der Waals surface area contributed by atoms with Crippen LogP contribution in [0.15, 0.2) is 42.6 Å². The molecule has 0 spiro atoms. The molecular weight excluding hydrogens is 355 g/mol. The lowest BCUT2D eigenvalue weighted by molar-refractivity contribution is -0.137. The number of hydrogen-bond donors (Lipinski definition) is 1. The van der Waals surface area contributed by atoms with Crippen molar-refractivity contribution < 1.29 is 18.0 Å². The minimum atomic E-state index is -4.38. The Morgan fingerprint density at radius 3 is 2.78 bits per heavy atom. The van der Waals surface area contributed by atoms with E-state index in [-0.39, 0.29) is 11.9 Å². The summed E-state index contributed by atoms with van der Waals surface area (Å²) in [6.45, 7) is 3.22. The molecule has 0 bridgehead atoms. The maximum absolute atomic E-state index is 12.6. The predicted molar refractivity (Wildman–Crippen MR) is 97.5 cm³/mol. The minimum absolute atomic E-state index is 0.0104. The van der Waals surface area contributed by atoms with E-state index in [9.17, 15) is 18.0 Å². The van der Waals surface area contributed by atoms with Gasteiger partial charge in [-0.1, -0.05) is 29.8 Å². The van der Waals surface area contributed by atoms with Crippen molar-refractivity contribution >= 4 is 11.7 Å². The van der Waals surface area contributed by atoms with Crippen LogP contribution in [0.3, 0.4) is 0 Å². The summed E-state index contributed by atoms with van der Waals surface area (Å²) in [5, 5.41) is 3.01. The van der Waals surface area contributed by atoms with Crippen LogP contribution >= 0.6 is 0 Å². The second kappa shape index (κ2) is 7.98. The van der Waals surface area contributed by atoms with Crippen LogP contribution in [0.25, 0.3) is 0 Å². The number of carbonyl (C=O) groups excluding carboxylic acids is 1. The molecule has 1 amide bonds. The molecule has 1 atom stereocenters. The first-order valence-electron chi connectivity index (χ1n) is 8.94. The number of pyridine rings is 1. The van der Waals surface area contributed by atoms with Gasteiger partial charge in [-0.05, 0) is 37.5 Å². The first-order chi connectivity index (χ1) is 12.8. The monoisotopic (exact) mass is 377 g/mol. The van der Waals surface area contributed by atoms with Crippen LogP contribution in [0.5, 0.6) is 0 Å². The Labute approximate surface area is 156 Å². The molecule has 27 heavy (non-hydrogen) atoms. The van der Waals surface area contributed by atoms with Gasteiger partial charge in [-0.25, -0.2) is 4.98 Å². The number of aromatic nitrogens is 1. The molecule has 0 radical (unpaired) electrons. The molecule has 2 aromatic rings. The molecule has 2 heterocycles. The standard InChI is InChI=1S/C20H22F3N3O/c1-14-3-2-4-15(11-14)5-8-19(27)25-17-9-10-26(13-17)18-7-6-16(12-24-18)20(21,22)23/h2-4,6-7,11-12,17H,5,8-10,13H2,1H3,(H,25,27). The maximum atomic E-state index is 12.6. The van der Waals surface area contributed by atoms with E-state index in [4.69, 9.17) is 0 Å². The van der Waals surface area contributed by atoms with Gasteiger partial charge in [0.15, 0.2) is 0 Å². The van der Waals surface area contributed by atoms with Gasteiger partial charge < -0.3 is 10.2 Å². The van der Waals surface area contributed by atoms with Crippen molar-refractivity contribution in [2.45, 2.75) is 38.4 Å². The number of halogens is 3. The lowest BCUT2D eigenvalue weighted by Crippen LogP contribution is -2.37. The van der Waals surface area contributed by atoms with Crippen molar-refractivity contribution in [3.63, 3.8) is 0 Å². The molecule has 1 aliphatic rings. The predicted octanol–water partition coefficient (Wildman–Crippen LogP) is 3.74. The number of alkyl halides is 3. The number of anilines is 1. The largest absolute Gasteiger partial charge is 0.417 e. The number of benzene rings is 1. The summed E-state index contributed by atoms with van der Waals surface area (Å²) in [6, 6.07) is 10.5. The Morgan fingerprint density at radius 1 is 1.30 bits per heavy atom. The Balaban J connectivity index is 1.48. The summed E-state index contributed by atoms with van der Waals surface area (Å²) in [7, 11) is 0. The van der Waals surface area contributed by atoms with E-state index in [2.05, 4.69) is 16.4 Å². The number of nitrogens with one attached hydrogen (secondary N) is 1. The number of hydrogen-bond acceptors (Lipinski definition) is 3. The molecule has 3 rings (SSSR count). The van der Waals surface area contributed by atoms with Gasteiger partial charge in [0.05, 0.1) is 5.56 Å². The van der Waals surface area contributed by atoms with Gasteiger partial charge in [-0.3, -0.25) is 4.79 Å². The van der Waals surface area contributed by atoms with E-state index < -0.39 is 11.7 Å². The highest BCUT2D eigenvalue weighted by Gasteiger charge is 2.31. The van der Waals surface area contributed by atoms with Gasteiger partial charge in [0.1, 0.15) is 5.82 Å². The minimum Gasteiger partial charge on any atom is -0.354 e. The highest BCUT2D eigenvalue weighted by atomic mass is 19.4. The first-order valence-corrected chi connectivity index (χ1v) is 8.94. The highest BCUT2D eigenvalue weighted by Crippen LogP contribution is 2.29. The molecule has 1 fully saturated rings. The Bertz CT molecular complexity index is 790. The van der Waals surface area contributed by atoms with Crippen LogP contribution in [0.1, 0.15) is 29.5 Å². The Hall–Kier alpha value is -2.57. The van der Waals surface area contributed by atoms with Crippen LogP contribution in [0, 0.1) is 6.92 Å². The lowest BCUT2D eigenvalue weighted by atomic mass is 10.1. The van der Waals surface area contributed by atoms with Crippen molar-refractivity contribution in [2.24, 2.45) is 0 Å². The summed E-state index contributed by atoms with van der Waals surface area (Å²) in [4.78, 5) is 18.0. The van der Waals surface area contributed by atoms with Gasteiger partial charge in [0.2, 0.25) is 5.91 Å². The molecule has 1 aliphatic heterocycles. The fourth-order valence-corrected chi connectivity index (χ4v) is 3.25. The topological polar surface area (TPSA) is 45.2 Å². The van der Waals surface area contributed by atoms with Crippen molar-refractivity contribution in [2.75, 3.05) is 18.0 Å². The van der Waals surface area contributed by atoms with E-state index in [1.807, 2.05) is 30.0 Å². The fourth-order valence-electron chi connectivity index (χ4n) is 3.25. The zero-order valence-corrected chi connectivity index (χ0v) is 15.1. The van der Waals surface area contributed by atoms with Gasteiger partial charge in [0.25, 0.3) is 0 Å². The average Bonchev–Trinajstić information content (AvgIpc) is 3.08. The van der Waals surface area contributed by atoms with E-state index in [1.54, 1.807) is 0 Å². The van der Waals surface area contributed by atoms with Crippen molar-refractivity contribution in [1.82, 2.24) is 10.3 Å². The molecule has 0 aliphatic carbocycles. The second-order valence-electron chi connectivity index (χ2n) is 6.89. The SMILES string of the molecule is Cc1cccc(CCC(=O)NC2CCN(c3ccc(C(F)(F)F)cn3)C2)c1. The van der Waals surface area contributed by atoms with Gasteiger partial charge in [-0.15, -0.1) is 0 Å². The van der Waals surface area contributed by atoms with Gasteiger partial charge in [0, 0.05) is 31.7 Å². The fraction of sp³-hybridized carbons (Fsp3) is 0.400. The number of amides is 1. The summed E-state index contributed by atoms with van der Waals surface area (Å²) >= 11 is 0. The molecule has 1 aromatic carbocycles. The van der Waals surface area contributed by atoms with Crippen molar-refractivity contribution in [3.8, 4) is 0 Å². The normalized spacial score (nSPS) is 17.2. The zero-order valence-electron chi connectivity index (χ0n) is 15.1. The quantitative estimate of drug-likeness (QED) is 0.864. The average molecular weight is 377 g/mol. The summed E-state index contributed by atoms with van der Waals surface area (Å²) in [6.07, 6.45) is -1.69. The Morgan fingerprint density at radius 2 is 2.11 bits per heavy atom. The van der Waals surface area contributed by atoms with E-state index >= 15 is 0 Å². The third-order valence-corrected chi connectivity index (χ3v) is 4.68. The third kappa shape index (κ3) is 5.21. The van der Waals surface area contributed by atoms with Crippen LogP contribution in [0.2, 0.25) is 0 Å². The molecule has 1 aromatic heterocycles. The maximum Gasteiger partial charge on any atom is 0.417 e. The molecule has 4 nitrogen and oxygen atoms in total. The van der Waals surface area contributed by atoms with Gasteiger partial charge in [-0.2, -0.15) is 13.2 Å². The molecule has 1 saturated heterocycles. The smallest absolute Gasteiger partial charge is 0.354 e. The van der Waals surface area contributed by atoms with Crippen LogP contribution in [-0.2, 0) is 17.4 Å². The summed E-state index contributed by atoms with van der Waals surface area (Å²) in [5.41, 5.74) is 1.54.